The van der Waals surface area contributed by atoms with E-state index in [0.29, 0.717) is 11.4 Å². The maximum absolute atomic E-state index is 11.5. The van der Waals surface area contributed by atoms with Crippen LogP contribution in [-0.2, 0) is 9.53 Å². The molecule has 1 amide bonds. The molecule has 0 saturated heterocycles. The molecule has 0 aliphatic heterocycles. The standard InChI is InChI=1S/C16H23ClN2O2/c1-3-16(20)18-11-8-9-12(17)14(10-11)19-13-6-4-5-7-15(13)21-2/h8-10,13,15,19H,3-7H2,1-2H3,(H,18,20). The van der Waals surface area contributed by atoms with E-state index in [0.717, 1.165) is 24.2 Å². The number of nitrogens with one attached hydrogen (secondary N) is 2. The molecule has 1 aliphatic carbocycles. The Bertz CT molecular complexity index is 493. The number of halogens is 1. The first-order chi connectivity index (χ1) is 10.1. The maximum Gasteiger partial charge on any atom is 0.224 e. The maximum atomic E-state index is 11.5. The van der Waals surface area contributed by atoms with E-state index in [1.807, 2.05) is 19.1 Å². The van der Waals surface area contributed by atoms with Gasteiger partial charge in [-0.15, -0.1) is 0 Å². The Labute approximate surface area is 131 Å². The summed E-state index contributed by atoms with van der Waals surface area (Å²) >= 11 is 6.26. The first-order valence-corrected chi connectivity index (χ1v) is 7.90. The van der Waals surface area contributed by atoms with E-state index in [9.17, 15) is 4.79 Å². The van der Waals surface area contributed by atoms with Gasteiger partial charge in [0.1, 0.15) is 0 Å². The van der Waals surface area contributed by atoms with Crippen LogP contribution in [0.25, 0.3) is 0 Å². The number of carbonyl (C=O) groups excluding carboxylic acids is 1. The molecule has 1 aliphatic rings. The quantitative estimate of drug-likeness (QED) is 0.862. The van der Waals surface area contributed by atoms with Gasteiger partial charge in [0.25, 0.3) is 0 Å². The molecular weight excluding hydrogens is 288 g/mol. The van der Waals surface area contributed by atoms with Crippen LogP contribution in [0, 0.1) is 0 Å². The smallest absolute Gasteiger partial charge is 0.224 e. The number of methoxy groups -OCH3 is 1. The molecule has 2 N–H and O–H groups in total. The number of anilines is 2. The van der Waals surface area contributed by atoms with Crippen LogP contribution < -0.4 is 10.6 Å². The Balaban J connectivity index is 2.10. The van der Waals surface area contributed by atoms with Crippen LogP contribution in [0.1, 0.15) is 39.0 Å². The minimum atomic E-state index is -0.00398. The fourth-order valence-corrected chi connectivity index (χ4v) is 2.88. The Hall–Kier alpha value is -1.26. The lowest BCUT2D eigenvalue weighted by molar-refractivity contribution is -0.115. The Kier molecular flexibility index (Phi) is 5.88. The van der Waals surface area contributed by atoms with Crippen molar-refractivity contribution in [2.75, 3.05) is 17.7 Å². The lowest BCUT2D eigenvalue weighted by atomic mass is 9.92. The van der Waals surface area contributed by atoms with E-state index in [1.165, 1.54) is 12.8 Å². The zero-order valence-corrected chi connectivity index (χ0v) is 13.4. The normalized spacial score (nSPS) is 21.9. The molecule has 1 aromatic rings. The fourth-order valence-electron chi connectivity index (χ4n) is 2.71. The van der Waals surface area contributed by atoms with Crippen molar-refractivity contribution in [3.63, 3.8) is 0 Å². The molecule has 0 aromatic heterocycles. The molecule has 0 bridgehead atoms. The monoisotopic (exact) mass is 310 g/mol. The number of hydrogen-bond donors (Lipinski definition) is 2. The van der Waals surface area contributed by atoms with Gasteiger partial charge in [-0.25, -0.2) is 0 Å². The number of hydrogen-bond acceptors (Lipinski definition) is 3. The number of benzene rings is 1. The molecule has 21 heavy (non-hydrogen) atoms. The SMILES string of the molecule is CCC(=O)Nc1ccc(Cl)c(NC2CCCCC2OC)c1. The number of rotatable bonds is 5. The number of amides is 1. The second-order valence-electron chi connectivity index (χ2n) is 5.41. The van der Waals surface area contributed by atoms with Crippen LogP contribution >= 0.6 is 11.6 Å². The van der Waals surface area contributed by atoms with Gasteiger partial charge in [-0.2, -0.15) is 0 Å². The van der Waals surface area contributed by atoms with Gasteiger partial charge in [-0.3, -0.25) is 4.79 Å². The molecule has 2 atom stereocenters. The van der Waals surface area contributed by atoms with Crippen molar-refractivity contribution in [3.8, 4) is 0 Å². The Morgan fingerprint density at radius 3 is 2.86 bits per heavy atom. The van der Waals surface area contributed by atoms with Crippen molar-refractivity contribution < 1.29 is 9.53 Å². The summed E-state index contributed by atoms with van der Waals surface area (Å²) in [5.41, 5.74) is 1.61. The molecule has 5 heteroatoms. The average Bonchev–Trinajstić information content (AvgIpc) is 2.51. The van der Waals surface area contributed by atoms with Crippen LogP contribution in [-0.4, -0.2) is 25.2 Å². The molecular formula is C16H23ClN2O2. The van der Waals surface area contributed by atoms with Crippen LogP contribution in [0.5, 0.6) is 0 Å². The third-order valence-electron chi connectivity index (χ3n) is 3.92. The molecule has 1 fully saturated rings. The first kappa shape index (κ1) is 16.1. The molecule has 2 rings (SSSR count). The Morgan fingerprint density at radius 1 is 1.38 bits per heavy atom. The zero-order chi connectivity index (χ0) is 15.2. The highest BCUT2D eigenvalue weighted by atomic mass is 35.5. The van der Waals surface area contributed by atoms with E-state index in [2.05, 4.69) is 10.6 Å². The van der Waals surface area contributed by atoms with E-state index in [4.69, 9.17) is 16.3 Å². The van der Waals surface area contributed by atoms with E-state index < -0.39 is 0 Å². The third kappa shape index (κ3) is 4.35. The van der Waals surface area contributed by atoms with Gasteiger partial charge in [-0.05, 0) is 31.0 Å². The summed E-state index contributed by atoms with van der Waals surface area (Å²) in [6.07, 6.45) is 5.21. The first-order valence-electron chi connectivity index (χ1n) is 7.52. The zero-order valence-electron chi connectivity index (χ0n) is 12.6. The summed E-state index contributed by atoms with van der Waals surface area (Å²) in [6.45, 7) is 1.83. The topological polar surface area (TPSA) is 50.4 Å². The van der Waals surface area contributed by atoms with Gasteiger partial charge in [0.2, 0.25) is 5.91 Å². The predicted molar refractivity (Wildman–Crippen MR) is 87.0 cm³/mol. The summed E-state index contributed by atoms with van der Waals surface area (Å²) in [5.74, 6) is -0.00398. The molecule has 1 aromatic carbocycles. The summed E-state index contributed by atoms with van der Waals surface area (Å²) in [7, 11) is 1.75. The van der Waals surface area contributed by atoms with Crippen molar-refractivity contribution in [2.45, 2.75) is 51.2 Å². The van der Waals surface area contributed by atoms with Gasteiger partial charge in [0, 0.05) is 19.2 Å². The van der Waals surface area contributed by atoms with Crippen molar-refractivity contribution in [1.82, 2.24) is 0 Å². The molecule has 0 spiro atoms. The minimum Gasteiger partial charge on any atom is -0.379 e. The second kappa shape index (κ2) is 7.66. The minimum absolute atomic E-state index is 0.00398. The largest absolute Gasteiger partial charge is 0.379 e. The van der Waals surface area contributed by atoms with Crippen LogP contribution in [0.3, 0.4) is 0 Å². The fraction of sp³-hybridized carbons (Fsp3) is 0.562. The highest BCUT2D eigenvalue weighted by Crippen LogP contribution is 2.30. The molecule has 0 heterocycles. The molecule has 0 radical (unpaired) electrons. The molecule has 1 saturated carbocycles. The highest BCUT2D eigenvalue weighted by Gasteiger charge is 2.25. The van der Waals surface area contributed by atoms with Gasteiger partial charge >= 0.3 is 0 Å². The van der Waals surface area contributed by atoms with Crippen LogP contribution in [0.2, 0.25) is 5.02 Å². The number of ether oxygens (including phenoxy) is 1. The predicted octanol–water partition coefficient (Wildman–Crippen LogP) is 4.06. The second-order valence-corrected chi connectivity index (χ2v) is 5.81. The summed E-state index contributed by atoms with van der Waals surface area (Å²) in [5, 5.41) is 6.98. The lowest BCUT2D eigenvalue weighted by Crippen LogP contribution is -2.37. The van der Waals surface area contributed by atoms with Gasteiger partial charge in [0.05, 0.1) is 22.9 Å². The van der Waals surface area contributed by atoms with Crippen LogP contribution in [0.4, 0.5) is 11.4 Å². The summed E-state index contributed by atoms with van der Waals surface area (Å²) in [4.78, 5) is 11.5. The highest BCUT2D eigenvalue weighted by molar-refractivity contribution is 6.33. The lowest BCUT2D eigenvalue weighted by Gasteiger charge is -2.32. The van der Waals surface area contributed by atoms with Crippen molar-refractivity contribution in [2.24, 2.45) is 0 Å². The molecule has 4 nitrogen and oxygen atoms in total. The average molecular weight is 311 g/mol. The van der Waals surface area contributed by atoms with Crippen molar-refractivity contribution in [3.05, 3.63) is 23.2 Å². The summed E-state index contributed by atoms with van der Waals surface area (Å²) < 4.78 is 5.55. The van der Waals surface area contributed by atoms with E-state index in [1.54, 1.807) is 13.2 Å². The third-order valence-corrected chi connectivity index (χ3v) is 4.25. The van der Waals surface area contributed by atoms with Crippen molar-refractivity contribution >= 4 is 28.9 Å². The number of carbonyl (C=O) groups is 1. The van der Waals surface area contributed by atoms with Gasteiger partial charge in [-0.1, -0.05) is 31.4 Å². The van der Waals surface area contributed by atoms with Gasteiger partial charge < -0.3 is 15.4 Å². The van der Waals surface area contributed by atoms with Crippen LogP contribution in [0.15, 0.2) is 18.2 Å². The Morgan fingerprint density at radius 2 is 2.14 bits per heavy atom. The molecule has 116 valence electrons. The van der Waals surface area contributed by atoms with Gasteiger partial charge in [0.15, 0.2) is 0 Å². The van der Waals surface area contributed by atoms with E-state index >= 15 is 0 Å². The summed E-state index contributed by atoms with van der Waals surface area (Å²) in [6, 6.07) is 5.77. The van der Waals surface area contributed by atoms with E-state index in [-0.39, 0.29) is 18.1 Å². The van der Waals surface area contributed by atoms with Crippen molar-refractivity contribution in [1.29, 1.82) is 0 Å². The molecule has 2 unspecified atom stereocenters.